The van der Waals surface area contributed by atoms with Crippen LogP contribution in [0.2, 0.25) is 0 Å². The van der Waals surface area contributed by atoms with E-state index in [1.54, 1.807) is 4.90 Å². The first-order valence-electron chi connectivity index (χ1n) is 5.82. The number of amides is 1. The van der Waals surface area contributed by atoms with Gasteiger partial charge in [0.15, 0.2) is 0 Å². The van der Waals surface area contributed by atoms with Crippen LogP contribution in [0.1, 0.15) is 12.5 Å². The van der Waals surface area contributed by atoms with Crippen molar-refractivity contribution in [3.63, 3.8) is 0 Å². The lowest BCUT2D eigenvalue weighted by atomic mass is 10.2. The molecule has 0 heterocycles. The zero-order valence-corrected chi connectivity index (χ0v) is 10.8. The predicted octanol–water partition coefficient (Wildman–Crippen LogP) is 1.06. The molecule has 1 amide bonds. The highest BCUT2D eigenvalue weighted by molar-refractivity contribution is 5.81. The molecular weight excluding hydrogens is 214 g/mol. The van der Waals surface area contributed by atoms with Crippen molar-refractivity contribution in [1.29, 1.82) is 0 Å². The summed E-state index contributed by atoms with van der Waals surface area (Å²) in [6.07, 6.45) is 0. The zero-order chi connectivity index (χ0) is 12.8. The number of carbonyl (C=O) groups is 1. The second-order valence-electron chi connectivity index (χ2n) is 4.14. The molecule has 94 valence electrons. The van der Waals surface area contributed by atoms with Gasteiger partial charge in [0.1, 0.15) is 0 Å². The van der Waals surface area contributed by atoms with Gasteiger partial charge in [-0.25, -0.2) is 0 Å². The van der Waals surface area contributed by atoms with Gasteiger partial charge in [-0.05, 0) is 24.6 Å². The van der Waals surface area contributed by atoms with Crippen molar-refractivity contribution in [3.05, 3.63) is 29.8 Å². The first-order valence-corrected chi connectivity index (χ1v) is 5.82. The standard InChI is InChI=1S/C13H21N3O/c1-4-15(2)13(17)10-16(3)12-7-5-6-11(8-12)9-14/h5-8H,4,9-10,14H2,1-3H3. The number of benzene rings is 1. The lowest BCUT2D eigenvalue weighted by molar-refractivity contribution is -0.128. The quantitative estimate of drug-likeness (QED) is 0.830. The monoisotopic (exact) mass is 235 g/mol. The van der Waals surface area contributed by atoms with Crippen LogP contribution in [-0.2, 0) is 11.3 Å². The minimum Gasteiger partial charge on any atom is -0.365 e. The third kappa shape index (κ3) is 3.75. The van der Waals surface area contributed by atoms with E-state index < -0.39 is 0 Å². The summed E-state index contributed by atoms with van der Waals surface area (Å²) in [4.78, 5) is 15.4. The molecular formula is C13H21N3O. The third-order valence-electron chi connectivity index (χ3n) is 2.86. The Bertz CT molecular complexity index is 379. The van der Waals surface area contributed by atoms with Crippen molar-refractivity contribution in [1.82, 2.24) is 4.90 Å². The molecule has 0 bridgehead atoms. The molecule has 17 heavy (non-hydrogen) atoms. The van der Waals surface area contributed by atoms with E-state index in [0.29, 0.717) is 13.1 Å². The van der Waals surface area contributed by atoms with Gasteiger partial charge in [0.05, 0.1) is 6.54 Å². The van der Waals surface area contributed by atoms with Crippen molar-refractivity contribution >= 4 is 11.6 Å². The van der Waals surface area contributed by atoms with E-state index in [-0.39, 0.29) is 5.91 Å². The predicted molar refractivity (Wildman–Crippen MR) is 70.9 cm³/mol. The molecule has 1 rings (SSSR count). The molecule has 0 aliphatic carbocycles. The van der Waals surface area contributed by atoms with E-state index in [1.165, 1.54) is 0 Å². The fourth-order valence-electron chi connectivity index (χ4n) is 1.51. The van der Waals surface area contributed by atoms with Gasteiger partial charge in [-0.15, -0.1) is 0 Å². The molecule has 2 N–H and O–H groups in total. The van der Waals surface area contributed by atoms with Crippen LogP contribution >= 0.6 is 0 Å². The molecule has 4 heteroatoms. The van der Waals surface area contributed by atoms with Gasteiger partial charge >= 0.3 is 0 Å². The maximum atomic E-state index is 11.8. The summed E-state index contributed by atoms with van der Waals surface area (Å²) in [6.45, 7) is 3.60. The molecule has 0 saturated carbocycles. The van der Waals surface area contributed by atoms with Crippen LogP contribution < -0.4 is 10.6 Å². The topological polar surface area (TPSA) is 49.6 Å². The van der Waals surface area contributed by atoms with Gasteiger partial charge in [-0.2, -0.15) is 0 Å². The van der Waals surface area contributed by atoms with Crippen LogP contribution in [0.15, 0.2) is 24.3 Å². The first kappa shape index (κ1) is 13.5. The molecule has 0 aliphatic rings. The van der Waals surface area contributed by atoms with Crippen molar-refractivity contribution in [2.75, 3.05) is 32.1 Å². The van der Waals surface area contributed by atoms with Gasteiger partial charge in [0.25, 0.3) is 0 Å². The van der Waals surface area contributed by atoms with Crippen LogP contribution in [0.5, 0.6) is 0 Å². The lowest BCUT2D eigenvalue weighted by Gasteiger charge is -2.22. The summed E-state index contributed by atoms with van der Waals surface area (Å²) in [5.41, 5.74) is 7.69. The van der Waals surface area contributed by atoms with Crippen LogP contribution in [0.3, 0.4) is 0 Å². The number of nitrogens with two attached hydrogens (primary N) is 1. The average molecular weight is 235 g/mol. The Morgan fingerprint density at radius 1 is 1.35 bits per heavy atom. The van der Waals surface area contributed by atoms with Crippen molar-refractivity contribution < 1.29 is 4.79 Å². The molecule has 0 aromatic heterocycles. The first-order chi connectivity index (χ1) is 8.08. The van der Waals surface area contributed by atoms with E-state index in [0.717, 1.165) is 17.8 Å². The number of carbonyl (C=O) groups excluding carboxylic acids is 1. The summed E-state index contributed by atoms with van der Waals surface area (Å²) in [6, 6.07) is 7.94. The molecule has 1 aromatic rings. The van der Waals surface area contributed by atoms with Gasteiger partial charge in [-0.3, -0.25) is 4.79 Å². The highest BCUT2D eigenvalue weighted by Crippen LogP contribution is 2.14. The summed E-state index contributed by atoms with van der Waals surface area (Å²) < 4.78 is 0. The maximum Gasteiger partial charge on any atom is 0.241 e. The molecule has 0 unspecified atom stereocenters. The second-order valence-corrected chi connectivity index (χ2v) is 4.14. The Balaban J connectivity index is 2.69. The van der Waals surface area contributed by atoms with Gasteiger partial charge in [0, 0.05) is 32.9 Å². The van der Waals surface area contributed by atoms with Crippen molar-refractivity contribution in [2.24, 2.45) is 5.73 Å². The Morgan fingerprint density at radius 2 is 2.06 bits per heavy atom. The van der Waals surface area contributed by atoms with E-state index in [1.807, 2.05) is 50.2 Å². The molecule has 1 aromatic carbocycles. The van der Waals surface area contributed by atoms with E-state index >= 15 is 0 Å². The highest BCUT2D eigenvalue weighted by Gasteiger charge is 2.10. The number of rotatable bonds is 5. The lowest BCUT2D eigenvalue weighted by Crippen LogP contribution is -2.36. The maximum absolute atomic E-state index is 11.8. The number of hydrogen-bond donors (Lipinski definition) is 1. The summed E-state index contributed by atoms with van der Waals surface area (Å²) in [7, 11) is 3.73. The Hall–Kier alpha value is -1.55. The normalized spacial score (nSPS) is 10.1. The Morgan fingerprint density at radius 3 is 2.65 bits per heavy atom. The van der Waals surface area contributed by atoms with Crippen molar-refractivity contribution in [3.8, 4) is 0 Å². The second kappa shape index (κ2) is 6.25. The number of anilines is 1. The molecule has 0 fully saturated rings. The zero-order valence-electron chi connectivity index (χ0n) is 10.8. The minimum absolute atomic E-state index is 0.119. The molecule has 4 nitrogen and oxygen atoms in total. The number of nitrogens with zero attached hydrogens (tertiary/aromatic N) is 2. The van der Waals surface area contributed by atoms with Crippen LogP contribution in [0.25, 0.3) is 0 Å². The fourth-order valence-corrected chi connectivity index (χ4v) is 1.51. The molecule has 0 radical (unpaired) electrons. The molecule has 0 aliphatic heterocycles. The van der Waals surface area contributed by atoms with E-state index in [4.69, 9.17) is 5.73 Å². The van der Waals surface area contributed by atoms with Crippen LogP contribution in [-0.4, -0.2) is 38.0 Å². The summed E-state index contributed by atoms with van der Waals surface area (Å²) >= 11 is 0. The highest BCUT2D eigenvalue weighted by atomic mass is 16.2. The summed E-state index contributed by atoms with van der Waals surface area (Å²) in [5, 5.41) is 0. The van der Waals surface area contributed by atoms with Gasteiger partial charge in [0.2, 0.25) is 5.91 Å². The van der Waals surface area contributed by atoms with Crippen molar-refractivity contribution in [2.45, 2.75) is 13.5 Å². The SMILES string of the molecule is CCN(C)C(=O)CN(C)c1cccc(CN)c1. The average Bonchev–Trinajstić information content (AvgIpc) is 2.37. The molecule has 0 atom stereocenters. The minimum atomic E-state index is 0.119. The Kier molecular flexibility index (Phi) is 4.97. The van der Waals surface area contributed by atoms with E-state index in [9.17, 15) is 4.79 Å². The van der Waals surface area contributed by atoms with Gasteiger partial charge in [-0.1, -0.05) is 12.1 Å². The number of hydrogen-bond acceptors (Lipinski definition) is 3. The van der Waals surface area contributed by atoms with E-state index in [2.05, 4.69) is 0 Å². The molecule has 0 saturated heterocycles. The fraction of sp³-hybridized carbons (Fsp3) is 0.462. The molecule has 0 spiro atoms. The summed E-state index contributed by atoms with van der Waals surface area (Å²) in [5.74, 6) is 0.119. The Labute approximate surface area is 103 Å². The largest absolute Gasteiger partial charge is 0.365 e. The third-order valence-corrected chi connectivity index (χ3v) is 2.86. The number of likely N-dealkylation sites (N-methyl/N-ethyl adjacent to an activating group) is 2. The van der Waals surface area contributed by atoms with Crippen LogP contribution in [0.4, 0.5) is 5.69 Å². The smallest absolute Gasteiger partial charge is 0.241 e. The van der Waals surface area contributed by atoms with Crippen LogP contribution in [0, 0.1) is 0 Å². The van der Waals surface area contributed by atoms with Gasteiger partial charge < -0.3 is 15.5 Å².